The van der Waals surface area contributed by atoms with Crippen molar-refractivity contribution in [3.63, 3.8) is 0 Å². The summed E-state index contributed by atoms with van der Waals surface area (Å²) in [6, 6.07) is 9.27. The van der Waals surface area contributed by atoms with Gasteiger partial charge in [-0.2, -0.15) is 0 Å². The molecule has 3 atom stereocenters. The first-order valence-corrected chi connectivity index (χ1v) is 7.58. The van der Waals surface area contributed by atoms with Gasteiger partial charge in [0, 0.05) is 20.1 Å². The number of carbonyl (C=O) groups is 2. The number of ether oxygens (including phenoxy) is 1. The van der Waals surface area contributed by atoms with Crippen LogP contribution in [-0.4, -0.2) is 55.0 Å². The van der Waals surface area contributed by atoms with Crippen LogP contribution in [0.4, 0.5) is 0 Å². The highest BCUT2D eigenvalue weighted by Crippen LogP contribution is 2.34. The van der Waals surface area contributed by atoms with Crippen LogP contribution in [0.3, 0.4) is 0 Å². The molecular formula is C17H24N2O3. The fourth-order valence-electron chi connectivity index (χ4n) is 3.20. The Kier molecular flexibility index (Phi) is 5.19. The molecule has 1 saturated heterocycles. The van der Waals surface area contributed by atoms with E-state index in [1.54, 1.807) is 19.0 Å². The van der Waals surface area contributed by atoms with Gasteiger partial charge in [-0.3, -0.25) is 14.5 Å². The first kappa shape index (κ1) is 16.5. The third-order valence-corrected chi connectivity index (χ3v) is 4.36. The van der Waals surface area contributed by atoms with Crippen LogP contribution in [0, 0.1) is 0 Å². The predicted molar refractivity (Wildman–Crippen MR) is 84.2 cm³/mol. The van der Waals surface area contributed by atoms with Gasteiger partial charge in [-0.1, -0.05) is 30.3 Å². The van der Waals surface area contributed by atoms with E-state index in [4.69, 9.17) is 4.74 Å². The van der Waals surface area contributed by atoms with Gasteiger partial charge in [0.05, 0.1) is 13.2 Å². The number of rotatable bonds is 4. The third kappa shape index (κ3) is 3.14. The van der Waals surface area contributed by atoms with Crippen LogP contribution in [0.5, 0.6) is 0 Å². The summed E-state index contributed by atoms with van der Waals surface area (Å²) >= 11 is 0. The van der Waals surface area contributed by atoms with Crippen molar-refractivity contribution in [1.82, 2.24) is 9.80 Å². The zero-order valence-electron chi connectivity index (χ0n) is 13.7. The molecule has 0 radical (unpaired) electrons. The van der Waals surface area contributed by atoms with Crippen molar-refractivity contribution >= 4 is 11.9 Å². The minimum Gasteiger partial charge on any atom is -0.468 e. The summed E-state index contributed by atoms with van der Waals surface area (Å²) in [5, 5.41) is 0. The molecule has 0 aliphatic carbocycles. The summed E-state index contributed by atoms with van der Waals surface area (Å²) in [7, 11) is 4.90. The van der Waals surface area contributed by atoms with Crippen molar-refractivity contribution in [2.24, 2.45) is 0 Å². The Morgan fingerprint density at radius 1 is 1.18 bits per heavy atom. The number of hydrogen-bond donors (Lipinski definition) is 0. The molecule has 1 heterocycles. The first-order valence-electron chi connectivity index (χ1n) is 7.58. The molecule has 120 valence electrons. The maximum absolute atomic E-state index is 12.5. The topological polar surface area (TPSA) is 49.9 Å². The van der Waals surface area contributed by atoms with E-state index in [2.05, 4.69) is 0 Å². The van der Waals surface area contributed by atoms with Gasteiger partial charge in [0.2, 0.25) is 5.91 Å². The van der Waals surface area contributed by atoms with Crippen LogP contribution in [0.15, 0.2) is 30.3 Å². The second-order valence-corrected chi connectivity index (χ2v) is 5.90. The lowest BCUT2D eigenvalue weighted by atomic mass is 10.0. The average molecular weight is 304 g/mol. The minimum atomic E-state index is -0.367. The molecule has 0 N–H and O–H groups in total. The highest BCUT2D eigenvalue weighted by molar-refractivity contribution is 5.84. The Morgan fingerprint density at radius 2 is 1.77 bits per heavy atom. The van der Waals surface area contributed by atoms with Gasteiger partial charge in [-0.15, -0.1) is 0 Å². The summed E-state index contributed by atoms with van der Waals surface area (Å²) in [5.74, 6) is -0.231. The Morgan fingerprint density at radius 3 is 2.32 bits per heavy atom. The largest absolute Gasteiger partial charge is 0.468 e. The molecule has 5 heteroatoms. The fraction of sp³-hybridized carbons (Fsp3) is 0.529. The molecule has 0 unspecified atom stereocenters. The maximum atomic E-state index is 12.5. The van der Waals surface area contributed by atoms with Gasteiger partial charge in [0.25, 0.3) is 0 Å². The number of amides is 1. The zero-order chi connectivity index (χ0) is 16.3. The molecule has 22 heavy (non-hydrogen) atoms. The van der Waals surface area contributed by atoms with E-state index < -0.39 is 0 Å². The molecule has 1 aromatic carbocycles. The SMILES string of the molecule is COC(=O)[C@@H]1CC[C@@H](C(=O)N(C)C)N1[C@@H](C)c1ccccc1. The van der Waals surface area contributed by atoms with Gasteiger partial charge in [-0.05, 0) is 25.3 Å². The van der Waals surface area contributed by atoms with E-state index in [0.717, 1.165) is 5.56 Å². The second-order valence-electron chi connectivity index (χ2n) is 5.90. The van der Waals surface area contributed by atoms with Gasteiger partial charge < -0.3 is 9.64 Å². The number of methoxy groups -OCH3 is 1. The molecular weight excluding hydrogens is 280 g/mol. The van der Waals surface area contributed by atoms with Crippen LogP contribution < -0.4 is 0 Å². The van der Waals surface area contributed by atoms with E-state index in [9.17, 15) is 9.59 Å². The molecule has 5 nitrogen and oxygen atoms in total. The van der Waals surface area contributed by atoms with Crippen molar-refractivity contribution in [2.45, 2.75) is 37.9 Å². The predicted octanol–water partition coefficient (Wildman–Crippen LogP) is 1.84. The molecule has 0 saturated carbocycles. The molecule has 0 bridgehead atoms. The van der Waals surface area contributed by atoms with E-state index in [-0.39, 0.29) is 30.0 Å². The number of hydrogen-bond acceptors (Lipinski definition) is 4. The van der Waals surface area contributed by atoms with Crippen LogP contribution in [-0.2, 0) is 14.3 Å². The standard InChI is InChI=1S/C17H24N2O3/c1-12(13-8-6-5-7-9-13)19-14(16(20)18(2)3)10-11-15(19)17(21)22-4/h5-9,12,14-15H,10-11H2,1-4H3/t12-,14-,15-/m0/s1. The molecule has 1 aliphatic heterocycles. The highest BCUT2D eigenvalue weighted by Gasteiger charge is 2.45. The fourth-order valence-corrected chi connectivity index (χ4v) is 3.20. The number of benzene rings is 1. The lowest BCUT2D eigenvalue weighted by Crippen LogP contribution is -2.49. The Bertz CT molecular complexity index is 530. The van der Waals surface area contributed by atoms with Crippen molar-refractivity contribution < 1.29 is 14.3 Å². The Balaban J connectivity index is 2.33. The summed E-state index contributed by atoms with van der Waals surface area (Å²) < 4.78 is 4.93. The van der Waals surface area contributed by atoms with Crippen molar-refractivity contribution in [3.05, 3.63) is 35.9 Å². The van der Waals surface area contributed by atoms with Gasteiger partial charge >= 0.3 is 5.97 Å². The van der Waals surface area contributed by atoms with Crippen molar-refractivity contribution in [1.29, 1.82) is 0 Å². The number of esters is 1. The summed E-state index contributed by atoms with van der Waals surface area (Å²) in [5.41, 5.74) is 1.09. The van der Waals surface area contributed by atoms with E-state index in [0.29, 0.717) is 12.8 Å². The monoisotopic (exact) mass is 304 g/mol. The van der Waals surface area contributed by atoms with Gasteiger partial charge in [0.1, 0.15) is 6.04 Å². The van der Waals surface area contributed by atoms with Crippen LogP contribution in [0.25, 0.3) is 0 Å². The van der Waals surface area contributed by atoms with Crippen LogP contribution >= 0.6 is 0 Å². The zero-order valence-corrected chi connectivity index (χ0v) is 13.7. The highest BCUT2D eigenvalue weighted by atomic mass is 16.5. The normalized spacial score (nSPS) is 23.1. The summed E-state index contributed by atoms with van der Waals surface area (Å²) in [6.45, 7) is 2.03. The number of carbonyl (C=O) groups excluding carboxylic acids is 2. The number of nitrogens with zero attached hydrogens (tertiary/aromatic N) is 2. The van der Waals surface area contributed by atoms with E-state index >= 15 is 0 Å². The van der Waals surface area contributed by atoms with Crippen LogP contribution in [0.1, 0.15) is 31.4 Å². The molecule has 2 rings (SSSR count). The summed E-state index contributed by atoms with van der Waals surface area (Å²) in [4.78, 5) is 28.2. The first-order chi connectivity index (χ1) is 10.5. The van der Waals surface area contributed by atoms with E-state index in [1.807, 2.05) is 42.2 Å². The minimum absolute atomic E-state index is 0.0262. The molecule has 0 aromatic heterocycles. The van der Waals surface area contributed by atoms with Crippen LogP contribution in [0.2, 0.25) is 0 Å². The molecule has 1 amide bonds. The lowest BCUT2D eigenvalue weighted by Gasteiger charge is -2.34. The van der Waals surface area contributed by atoms with Crippen molar-refractivity contribution in [2.75, 3.05) is 21.2 Å². The molecule has 1 aliphatic rings. The summed E-state index contributed by atoms with van der Waals surface area (Å²) in [6.07, 6.45) is 1.32. The quantitative estimate of drug-likeness (QED) is 0.797. The second kappa shape index (κ2) is 6.92. The lowest BCUT2D eigenvalue weighted by molar-refractivity contribution is -0.148. The van der Waals surface area contributed by atoms with Gasteiger partial charge in [-0.25, -0.2) is 0 Å². The average Bonchev–Trinajstić information content (AvgIpc) is 2.98. The third-order valence-electron chi connectivity index (χ3n) is 4.36. The molecule has 1 fully saturated rings. The molecule has 0 spiro atoms. The Hall–Kier alpha value is -1.88. The van der Waals surface area contributed by atoms with Crippen molar-refractivity contribution in [3.8, 4) is 0 Å². The van der Waals surface area contributed by atoms with E-state index in [1.165, 1.54) is 7.11 Å². The smallest absolute Gasteiger partial charge is 0.323 e. The number of likely N-dealkylation sites (tertiary alicyclic amines) is 1. The molecule has 1 aromatic rings. The maximum Gasteiger partial charge on any atom is 0.323 e. The Labute approximate surface area is 131 Å². The van der Waals surface area contributed by atoms with Gasteiger partial charge in [0.15, 0.2) is 0 Å². The number of likely N-dealkylation sites (N-methyl/N-ethyl adjacent to an activating group) is 1.